The highest BCUT2D eigenvalue weighted by molar-refractivity contribution is 7.91. The smallest absolute Gasteiger partial charge is 0.250 e. The third kappa shape index (κ3) is 4.88. The molecule has 2 rings (SSSR count). The average molecular weight is 367 g/mol. The van der Waals surface area contributed by atoms with Crippen molar-refractivity contribution in [3.63, 3.8) is 0 Å². The van der Waals surface area contributed by atoms with Gasteiger partial charge >= 0.3 is 0 Å². The average Bonchev–Trinajstić information content (AvgIpc) is 3.09. The number of carbonyl (C=O) groups is 1. The van der Waals surface area contributed by atoms with E-state index in [0.29, 0.717) is 12.2 Å². The van der Waals surface area contributed by atoms with Gasteiger partial charge in [-0.15, -0.1) is 11.3 Å². The summed E-state index contributed by atoms with van der Waals surface area (Å²) in [5, 5.41) is 7.66. The highest BCUT2D eigenvalue weighted by Gasteiger charge is 2.23. The molecule has 0 fully saturated rings. The number of thiophene rings is 1. The van der Waals surface area contributed by atoms with E-state index in [9.17, 15) is 13.2 Å². The maximum absolute atomic E-state index is 12.3. The van der Waals surface area contributed by atoms with Crippen molar-refractivity contribution in [2.45, 2.75) is 30.6 Å². The Bertz CT molecular complexity index is 774. The van der Waals surface area contributed by atoms with Crippen molar-refractivity contribution < 1.29 is 13.2 Å². The predicted octanol–water partition coefficient (Wildman–Crippen LogP) is 2.16. The van der Waals surface area contributed by atoms with Crippen LogP contribution in [-0.2, 0) is 21.4 Å². The van der Waals surface area contributed by atoms with Crippen LogP contribution in [-0.4, -0.2) is 26.9 Å². The maximum atomic E-state index is 12.3. The van der Waals surface area contributed by atoms with Crippen LogP contribution in [0.2, 0.25) is 0 Å². The molecular formula is C16H21N3O3S2. The van der Waals surface area contributed by atoms with Crippen molar-refractivity contribution in [3.8, 4) is 0 Å². The summed E-state index contributed by atoms with van der Waals surface area (Å²) in [5.74, 6) is -0.404. The molecular weight excluding hydrogens is 346 g/mol. The minimum absolute atomic E-state index is 0.190. The Morgan fingerprint density at radius 2 is 1.96 bits per heavy atom. The van der Waals surface area contributed by atoms with Gasteiger partial charge in [-0.05, 0) is 36.5 Å². The van der Waals surface area contributed by atoms with Gasteiger partial charge in [0.25, 0.3) is 10.0 Å². The lowest BCUT2D eigenvalue weighted by Crippen LogP contribution is -2.41. The number of amides is 1. The van der Waals surface area contributed by atoms with E-state index in [1.54, 1.807) is 17.5 Å². The Hall–Kier alpha value is -1.74. The van der Waals surface area contributed by atoms with Gasteiger partial charge in [-0.25, -0.2) is 8.42 Å². The molecule has 1 amide bonds. The second kappa shape index (κ2) is 8.39. The molecule has 1 heterocycles. The monoisotopic (exact) mass is 367 g/mol. The number of anilines is 1. The molecule has 8 heteroatoms. The molecule has 1 unspecified atom stereocenters. The van der Waals surface area contributed by atoms with Crippen LogP contribution in [0.15, 0.2) is 46.0 Å². The molecule has 0 radical (unpaired) electrons. The molecule has 1 atom stereocenters. The highest BCUT2D eigenvalue weighted by Crippen LogP contribution is 2.17. The Labute approximate surface area is 146 Å². The summed E-state index contributed by atoms with van der Waals surface area (Å²) < 4.78 is 26.9. The van der Waals surface area contributed by atoms with Crippen LogP contribution in [0, 0.1) is 0 Å². The van der Waals surface area contributed by atoms with Crippen molar-refractivity contribution in [2.75, 3.05) is 11.9 Å². The number of hydrogen-bond acceptors (Lipinski definition) is 5. The summed E-state index contributed by atoms with van der Waals surface area (Å²) in [6, 6.07) is 9.70. The molecule has 0 bridgehead atoms. The first kappa shape index (κ1) is 18.6. The van der Waals surface area contributed by atoms with E-state index in [1.165, 1.54) is 13.0 Å². The van der Waals surface area contributed by atoms with Crippen LogP contribution < -0.4 is 15.4 Å². The van der Waals surface area contributed by atoms with Gasteiger partial charge in [0.1, 0.15) is 4.21 Å². The van der Waals surface area contributed by atoms with E-state index < -0.39 is 22.0 Å². The van der Waals surface area contributed by atoms with Crippen LogP contribution in [0.5, 0.6) is 0 Å². The molecule has 0 spiro atoms. The van der Waals surface area contributed by atoms with E-state index >= 15 is 0 Å². The fourth-order valence-corrected chi connectivity index (χ4v) is 4.27. The van der Waals surface area contributed by atoms with E-state index in [4.69, 9.17) is 0 Å². The van der Waals surface area contributed by atoms with Crippen LogP contribution in [0.3, 0.4) is 0 Å². The largest absolute Gasteiger partial charge is 0.324 e. The summed E-state index contributed by atoms with van der Waals surface area (Å²) in [6.45, 7) is 4.97. The molecule has 0 saturated heterocycles. The molecule has 2 aromatic rings. The Balaban J connectivity index is 2.04. The van der Waals surface area contributed by atoms with Gasteiger partial charge in [0.2, 0.25) is 5.91 Å². The van der Waals surface area contributed by atoms with Gasteiger partial charge < -0.3 is 10.6 Å². The summed E-state index contributed by atoms with van der Waals surface area (Å²) in [7, 11) is -3.68. The zero-order valence-corrected chi connectivity index (χ0v) is 15.2. The number of nitrogens with one attached hydrogen (secondary N) is 3. The molecule has 3 N–H and O–H groups in total. The Kier molecular flexibility index (Phi) is 6.50. The number of carbonyl (C=O) groups excluding carboxylic acids is 1. The Morgan fingerprint density at radius 1 is 1.21 bits per heavy atom. The first-order chi connectivity index (χ1) is 11.4. The zero-order chi connectivity index (χ0) is 17.6. The van der Waals surface area contributed by atoms with Crippen molar-refractivity contribution in [1.82, 2.24) is 10.0 Å². The molecule has 1 aromatic carbocycles. The highest BCUT2D eigenvalue weighted by atomic mass is 32.2. The normalized spacial score (nSPS) is 12.8. The SMILES string of the molecule is CCNCc1ccccc1NC(=O)C(C)NS(=O)(=O)c1cccs1. The second-order valence-electron chi connectivity index (χ2n) is 5.20. The van der Waals surface area contributed by atoms with E-state index in [0.717, 1.165) is 23.4 Å². The molecule has 24 heavy (non-hydrogen) atoms. The van der Waals surface area contributed by atoms with E-state index in [2.05, 4.69) is 15.4 Å². The fraction of sp³-hybridized carbons (Fsp3) is 0.312. The fourth-order valence-electron chi connectivity index (χ4n) is 2.06. The van der Waals surface area contributed by atoms with Crippen LogP contribution in [0.1, 0.15) is 19.4 Å². The first-order valence-electron chi connectivity index (χ1n) is 7.59. The number of hydrogen-bond donors (Lipinski definition) is 3. The summed E-state index contributed by atoms with van der Waals surface area (Å²) in [6.07, 6.45) is 0. The van der Waals surface area contributed by atoms with Gasteiger partial charge in [-0.1, -0.05) is 31.2 Å². The summed E-state index contributed by atoms with van der Waals surface area (Å²) >= 11 is 1.11. The van der Waals surface area contributed by atoms with Crippen LogP contribution in [0.4, 0.5) is 5.69 Å². The number of rotatable bonds is 8. The predicted molar refractivity (Wildman–Crippen MR) is 96.6 cm³/mol. The molecule has 0 aliphatic carbocycles. The third-order valence-electron chi connectivity index (χ3n) is 3.33. The van der Waals surface area contributed by atoms with Gasteiger partial charge in [0, 0.05) is 12.2 Å². The second-order valence-corrected chi connectivity index (χ2v) is 8.09. The number of sulfonamides is 1. The zero-order valence-electron chi connectivity index (χ0n) is 13.6. The molecule has 6 nitrogen and oxygen atoms in total. The summed E-state index contributed by atoms with van der Waals surface area (Å²) in [5.41, 5.74) is 1.62. The van der Waals surface area contributed by atoms with E-state index in [-0.39, 0.29) is 4.21 Å². The van der Waals surface area contributed by atoms with Crippen molar-refractivity contribution in [1.29, 1.82) is 0 Å². The Morgan fingerprint density at radius 3 is 2.62 bits per heavy atom. The van der Waals surface area contributed by atoms with Crippen molar-refractivity contribution in [2.24, 2.45) is 0 Å². The lowest BCUT2D eigenvalue weighted by atomic mass is 10.1. The molecule has 130 valence electrons. The van der Waals surface area contributed by atoms with Gasteiger partial charge in [-0.2, -0.15) is 4.72 Å². The minimum Gasteiger partial charge on any atom is -0.324 e. The third-order valence-corrected chi connectivity index (χ3v) is 6.26. The van der Waals surface area contributed by atoms with Gasteiger partial charge in [-0.3, -0.25) is 4.79 Å². The topological polar surface area (TPSA) is 87.3 Å². The first-order valence-corrected chi connectivity index (χ1v) is 9.95. The van der Waals surface area contributed by atoms with Gasteiger partial charge in [0.15, 0.2) is 0 Å². The van der Waals surface area contributed by atoms with Crippen molar-refractivity contribution >= 4 is 33.0 Å². The molecule has 0 saturated carbocycles. The summed E-state index contributed by atoms with van der Waals surface area (Å²) in [4.78, 5) is 12.3. The lowest BCUT2D eigenvalue weighted by Gasteiger charge is -2.16. The molecule has 0 aliphatic heterocycles. The minimum atomic E-state index is -3.68. The number of para-hydroxylation sites is 1. The van der Waals surface area contributed by atoms with Gasteiger partial charge in [0.05, 0.1) is 6.04 Å². The molecule has 0 aliphatic rings. The lowest BCUT2D eigenvalue weighted by molar-refractivity contribution is -0.117. The number of benzene rings is 1. The van der Waals surface area contributed by atoms with E-state index in [1.807, 2.05) is 25.1 Å². The van der Waals surface area contributed by atoms with Crippen LogP contribution >= 0.6 is 11.3 Å². The quantitative estimate of drug-likeness (QED) is 0.667. The van der Waals surface area contributed by atoms with Crippen molar-refractivity contribution in [3.05, 3.63) is 47.3 Å². The van der Waals surface area contributed by atoms with Crippen LogP contribution in [0.25, 0.3) is 0 Å². The molecule has 1 aromatic heterocycles. The standard InChI is InChI=1S/C16H21N3O3S2/c1-3-17-11-13-7-4-5-8-14(13)18-16(20)12(2)19-24(21,22)15-9-6-10-23-15/h4-10,12,17,19H,3,11H2,1-2H3,(H,18,20). The maximum Gasteiger partial charge on any atom is 0.250 e.